The molecule has 6 nitrogen and oxygen atoms in total. The third-order valence-corrected chi connectivity index (χ3v) is 0.931. The number of rotatable bonds is 3. The van der Waals surface area contributed by atoms with Crippen LogP contribution in [0.4, 0.5) is 0 Å². The number of hydrogen-bond acceptors (Lipinski definition) is 5. The second-order valence-corrected chi connectivity index (χ2v) is 1.72. The molecule has 1 atom stereocenters. The number of carboxylic acids is 1. The molecule has 0 aliphatic rings. The van der Waals surface area contributed by atoms with Gasteiger partial charge in [-0.15, -0.1) is 0 Å². The highest BCUT2D eigenvalue weighted by molar-refractivity contribution is 5.81. The van der Waals surface area contributed by atoms with E-state index in [9.17, 15) is 9.59 Å². The number of nitrogens with two attached hydrogens (primary N) is 1. The van der Waals surface area contributed by atoms with Crippen LogP contribution in [0.15, 0.2) is 0 Å². The van der Waals surface area contributed by atoms with Gasteiger partial charge in [-0.05, 0) is 0 Å². The number of esters is 1. The predicted octanol–water partition coefficient (Wildman–Crippen LogP) is -1.43. The quantitative estimate of drug-likeness (QED) is 0.458. The van der Waals surface area contributed by atoms with Crippen molar-refractivity contribution in [1.82, 2.24) is 0 Å². The van der Waals surface area contributed by atoms with E-state index in [1.807, 2.05) is 0 Å². The van der Waals surface area contributed by atoms with Crippen LogP contribution < -0.4 is 5.73 Å². The fourth-order valence-electron chi connectivity index (χ4n) is 0.350. The number of ether oxygens (including phenoxy) is 1. The molecule has 0 bridgehead atoms. The Kier molecular flexibility index (Phi) is 8.92. The molecule has 0 aromatic heterocycles. The van der Waals surface area contributed by atoms with E-state index in [1.165, 1.54) is 7.11 Å². The Hall–Kier alpha value is -1.14. The molecule has 72 valence electrons. The summed E-state index contributed by atoms with van der Waals surface area (Å²) >= 11 is 0. The van der Waals surface area contributed by atoms with Crippen molar-refractivity contribution in [1.29, 1.82) is 0 Å². The van der Waals surface area contributed by atoms with Crippen LogP contribution in [0.3, 0.4) is 0 Å². The maximum Gasteiger partial charge on any atom is 0.321 e. The van der Waals surface area contributed by atoms with E-state index < -0.39 is 18.0 Å². The molecule has 0 heterocycles. The van der Waals surface area contributed by atoms with Gasteiger partial charge in [0.25, 0.3) is 0 Å². The number of carbonyl (C=O) groups excluding carboxylic acids is 1. The summed E-state index contributed by atoms with van der Waals surface area (Å²) in [6.45, 7) is 0. The average Bonchev–Trinajstić information content (AvgIpc) is 2.07. The highest BCUT2D eigenvalue weighted by Gasteiger charge is 2.15. The first-order valence-corrected chi connectivity index (χ1v) is 3.08. The molecule has 0 fully saturated rings. The van der Waals surface area contributed by atoms with Gasteiger partial charge in [0, 0.05) is 7.11 Å². The monoisotopic (exact) mass is 179 g/mol. The molecule has 0 saturated heterocycles. The summed E-state index contributed by atoms with van der Waals surface area (Å²) in [4.78, 5) is 20.4. The fraction of sp³-hybridized carbons (Fsp3) is 0.667. The van der Waals surface area contributed by atoms with Gasteiger partial charge >= 0.3 is 11.9 Å². The van der Waals surface area contributed by atoms with Crippen molar-refractivity contribution >= 4 is 11.9 Å². The molecule has 0 unspecified atom stereocenters. The zero-order valence-electron chi connectivity index (χ0n) is 6.98. The molecule has 6 heteroatoms. The van der Waals surface area contributed by atoms with Gasteiger partial charge in [0.15, 0.2) is 0 Å². The van der Waals surface area contributed by atoms with Gasteiger partial charge in [-0.3, -0.25) is 9.59 Å². The minimum absolute atomic E-state index is 0.286. The molecule has 0 aromatic rings. The van der Waals surface area contributed by atoms with Gasteiger partial charge in [0.05, 0.1) is 13.5 Å². The Balaban J connectivity index is 0. The van der Waals surface area contributed by atoms with E-state index in [4.69, 9.17) is 15.9 Å². The van der Waals surface area contributed by atoms with E-state index >= 15 is 0 Å². The van der Waals surface area contributed by atoms with Crippen LogP contribution >= 0.6 is 0 Å². The van der Waals surface area contributed by atoms with Crippen molar-refractivity contribution in [2.75, 3.05) is 14.2 Å². The highest BCUT2D eigenvalue weighted by atomic mass is 16.5. The van der Waals surface area contributed by atoms with Crippen LogP contribution in [-0.4, -0.2) is 42.4 Å². The second kappa shape index (κ2) is 7.96. The zero-order valence-corrected chi connectivity index (χ0v) is 6.98. The molecular weight excluding hydrogens is 166 g/mol. The predicted molar refractivity (Wildman–Crippen MR) is 40.4 cm³/mol. The summed E-state index contributed by atoms with van der Waals surface area (Å²) in [5.74, 6) is -1.82. The smallest absolute Gasteiger partial charge is 0.321 e. The van der Waals surface area contributed by atoms with Gasteiger partial charge in [0.2, 0.25) is 0 Å². The Labute approximate surface area is 69.9 Å². The van der Waals surface area contributed by atoms with E-state index in [0.717, 1.165) is 7.11 Å². The van der Waals surface area contributed by atoms with Gasteiger partial charge in [-0.25, -0.2) is 0 Å². The molecule has 0 radical (unpaired) electrons. The van der Waals surface area contributed by atoms with Gasteiger partial charge in [-0.1, -0.05) is 0 Å². The van der Waals surface area contributed by atoms with Gasteiger partial charge in [-0.2, -0.15) is 0 Å². The lowest BCUT2D eigenvalue weighted by atomic mass is 10.2. The minimum atomic E-state index is -1.20. The van der Waals surface area contributed by atoms with E-state index in [-0.39, 0.29) is 6.42 Å². The zero-order chi connectivity index (χ0) is 10.1. The van der Waals surface area contributed by atoms with Crippen LogP contribution in [-0.2, 0) is 14.3 Å². The lowest BCUT2D eigenvalue weighted by Crippen LogP contribution is -2.32. The van der Waals surface area contributed by atoms with Crippen LogP contribution in [0.1, 0.15) is 6.42 Å². The SMILES string of the molecule is CO.COC(=O)C[C@@H](N)C(=O)O. The maximum absolute atomic E-state index is 10.4. The lowest BCUT2D eigenvalue weighted by molar-refractivity contribution is -0.146. The number of aliphatic carboxylic acids is 1. The third-order valence-electron chi connectivity index (χ3n) is 0.931. The number of hydrogen-bond donors (Lipinski definition) is 3. The Morgan fingerprint density at radius 1 is 1.50 bits per heavy atom. The van der Waals surface area contributed by atoms with Crippen molar-refractivity contribution in [3.63, 3.8) is 0 Å². The molecule has 0 aromatic carbocycles. The summed E-state index contributed by atoms with van der Waals surface area (Å²) in [5, 5.41) is 15.2. The van der Waals surface area contributed by atoms with Gasteiger partial charge in [0.1, 0.15) is 6.04 Å². The number of carboxylic acid groups (broad SMARTS) is 1. The summed E-state index contributed by atoms with van der Waals surface area (Å²) in [6.07, 6.45) is -0.286. The van der Waals surface area contributed by atoms with Crippen molar-refractivity contribution < 1.29 is 24.5 Å². The first-order valence-electron chi connectivity index (χ1n) is 3.08. The molecule has 4 N–H and O–H groups in total. The first kappa shape index (κ1) is 13.4. The third kappa shape index (κ3) is 6.97. The normalized spacial score (nSPS) is 10.7. The number of aliphatic hydroxyl groups excluding tert-OH is 1. The standard InChI is InChI=1S/C5H9NO4.CH4O/c1-10-4(7)2-3(6)5(8)9;1-2/h3H,2,6H2,1H3,(H,8,9);2H,1H3/t3-;/m1./s1. The largest absolute Gasteiger partial charge is 0.480 e. The molecule has 0 amide bonds. The number of methoxy groups -OCH3 is 1. The molecule has 0 aliphatic heterocycles. The van der Waals surface area contributed by atoms with Crippen molar-refractivity contribution in [2.24, 2.45) is 5.73 Å². The second-order valence-electron chi connectivity index (χ2n) is 1.72. The van der Waals surface area contributed by atoms with E-state index in [2.05, 4.69) is 4.74 Å². The molecular formula is C6H13NO5. The number of aliphatic hydroxyl groups is 1. The number of carbonyl (C=O) groups is 2. The Bertz CT molecular complexity index is 147. The first-order chi connectivity index (χ1) is 5.57. The van der Waals surface area contributed by atoms with Crippen LogP contribution in [0.5, 0.6) is 0 Å². The average molecular weight is 179 g/mol. The van der Waals surface area contributed by atoms with Gasteiger partial charge < -0.3 is 20.7 Å². The van der Waals surface area contributed by atoms with Crippen LogP contribution in [0, 0.1) is 0 Å². The molecule has 12 heavy (non-hydrogen) atoms. The highest BCUT2D eigenvalue weighted by Crippen LogP contribution is 1.89. The Morgan fingerprint density at radius 3 is 2.17 bits per heavy atom. The van der Waals surface area contributed by atoms with Crippen molar-refractivity contribution in [3.8, 4) is 0 Å². The van der Waals surface area contributed by atoms with E-state index in [0.29, 0.717) is 0 Å². The van der Waals surface area contributed by atoms with Crippen molar-refractivity contribution in [2.45, 2.75) is 12.5 Å². The summed E-state index contributed by atoms with van der Waals surface area (Å²) in [6, 6.07) is -1.16. The fourth-order valence-corrected chi connectivity index (χ4v) is 0.350. The molecule has 0 aliphatic carbocycles. The van der Waals surface area contributed by atoms with Crippen molar-refractivity contribution in [3.05, 3.63) is 0 Å². The summed E-state index contributed by atoms with van der Waals surface area (Å²) in [5.41, 5.74) is 4.99. The summed E-state index contributed by atoms with van der Waals surface area (Å²) < 4.78 is 4.19. The summed E-state index contributed by atoms with van der Waals surface area (Å²) in [7, 11) is 2.18. The maximum atomic E-state index is 10.4. The topological polar surface area (TPSA) is 110 Å². The Morgan fingerprint density at radius 2 is 1.92 bits per heavy atom. The molecule has 0 rings (SSSR count). The molecule has 0 spiro atoms. The van der Waals surface area contributed by atoms with Crippen LogP contribution in [0.25, 0.3) is 0 Å². The minimum Gasteiger partial charge on any atom is -0.480 e. The lowest BCUT2D eigenvalue weighted by Gasteiger charge is -2.02. The molecule has 0 saturated carbocycles. The van der Waals surface area contributed by atoms with E-state index in [1.54, 1.807) is 0 Å². The van der Waals surface area contributed by atoms with Crippen LogP contribution in [0.2, 0.25) is 0 Å².